The van der Waals surface area contributed by atoms with Crippen molar-refractivity contribution in [1.29, 1.82) is 0 Å². The van der Waals surface area contributed by atoms with Gasteiger partial charge in [-0.25, -0.2) is 13.4 Å². The summed E-state index contributed by atoms with van der Waals surface area (Å²) in [7, 11) is -0.171. The Morgan fingerprint density at radius 2 is 2.26 bits per heavy atom. The molecule has 8 heteroatoms. The van der Waals surface area contributed by atoms with Crippen LogP contribution in [-0.4, -0.2) is 42.2 Å². The fourth-order valence-corrected chi connectivity index (χ4v) is 4.69. The first-order valence-corrected chi connectivity index (χ1v) is 8.49. The Morgan fingerprint density at radius 3 is 2.84 bits per heavy atom. The topological polar surface area (TPSA) is 66.7 Å². The molecule has 2 aromatic heterocycles. The van der Waals surface area contributed by atoms with Crippen molar-refractivity contribution in [3.8, 4) is 0 Å². The quantitative estimate of drug-likeness (QED) is 0.931. The number of anilines is 1. The van der Waals surface area contributed by atoms with Crippen LogP contribution in [0.1, 0.15) is 19.3 Å². The molecule has 19 heavy (non-hydrogen) atoms. The van der Waals surface area contributed by atoms with Crippen molar-refractivity contribution in [2.24, 2.45) is 0 Å². The maximum Gasteiger partial charge on any atom is 0.262 e. The lowest BCUT2D eigenvalue weighted by molar-refractivity contribution is 0.249. The molecule has 0 bridgehead atoms. The van der Waals surface area contributed by atoms with E-state index in [1.54, 1.807) is 24.7 Å². The first kappa shape index (κ1) is 12.9. The van der Waals surface area contributed by atoms with Crippen LogP contribution in [0.15, 0.2) is 16.6 Å². The number of hydrogen-bond donors (Lipinski definition) is 1. The highest BCUT2D eigenvalue weighted by molar-refractivity contribution is 7.89. The second kappa shape index (κ2) is 4.46. The van der Waals surface area contributed by atoms with Crippen molar-refractivity contribution in [3.63, 3.8) is 0 Å². The van der Waals surface area contributed by atoms with Crippen molar-refractivity contribution < 1.29 is 8.42 Å². The molecule has 3 rings (SSSR count). The normalized spacial score (nSPS) is 17.0. The SMILES string of the molecule is CNc1nc2sccn2c1S(=O)(=O)N(C)C1CCC1. The molecule has 0 unspecified atom stereocenters. The summed E-state index contributed by atoms with van der Waals surface area (Å²) in [6, 6.07) is 0.124. The Morgan fingerprint density at radius 1 is 1.53 bits per heavy atom. The summed E-state index contributed by atoms with van der Waals surface area (Å²) in [5.41, 5.74) is 0. The summed E-state index contributed by atoms with van der Waals surface area (Å²) < 4.78 is 28.6. The van der Waals surface area contributed by atoms with E-state index in [1.165, 1.54) is 15.6 Å². The predicted octanol–water partition coefficient (Wildman–Crippen LogP) is 1.61. The average Bonchev–Trinajstić information content (AvgIpc) is 2.84. The molecule has 1 aliphatic carbocycles. The molecular formula is C11H16N4O2S2. The molecule has 0 amide bonds. The minimum atomic E-state index is -3.52. The van der Waals surface area contributed by atoms with Gasteiger partial charge < -0.3 is 5.32 Å². The second-order valence-electron chi connectivity index (χ2n) is 4.68. The van der Waals surface area contributed by atoms with E-state index in [4.69, 9.17) is 0 Å². The van der Waals surface area contributed by atoms with Gasteiger partial charge in [-0.3, -0.25) is 4.40 Å². The van der Waals surface area contributed by atoms with E-state index in [0.29, 0.717) is 10.8 Å². The summed E-state index contributed by atoms with van der Waals surface area (Å²) in [5, 5.41) is 4.95. The molecule has 1 aliphatic rings. The monoisotopic (exact) mass is 300 g/mol. The van der Waals surface area contributed by atoms with Gasteiger partial charge in [-0.15, -0.1) is 11.3 Å². The standard InChI is InChI=1S/C11H16N4O2S2/c1-12-9-10(15-6-7-18-11(15)13-9)19(16,17)14(2)8-4-3-5-8/h6-8,12H,3-5H2,1-2H3. The minimum Gasteiger partial charge on any atom is -0.371 e. The Bertz CT molecular complexity index is 699. The molecule has 0 atom stereocenters. The van der Waals surface area contributed by atoms with Crippen LogP contribution in [0.2, 0.25) is 0 Å². The maximum absolute atomic E-state index is 12.7. The van der Waals surface area contributed by atoms with Crippen molar-refractivity contribution in [2.45, 2.75) is 30.3 Å². The van der Waals surface area contributed by atoms with Crippen LogP contribution in [0.3, 0.4) is 0 Å². The Kier molecular flexibility index (Phi) is 3.03. The molecule has 0 saturated heterocycles. The third-order valence-corrected chi connectivity index (χ3v) is 6.36. The number of rotatable bonds is 4. The molecule has 104 valence electrons. The van der Waals surface area contributed by atoms with Crippen LogP contribution in [0, 0.1) is 0 Å². The van der Waals surface area contributed by atoms with E-state index in [-0.39, 0.29) is 11.1 Å². The summed E-state index contributed by atoms with van der Waals surface area (Å²) >= 11 is 1.42. The van der Waals surface area contributed by atoms with Crippen molar-refractivity contribution >= 4 is 32.1 Å². The van der Waals surface area contributed by atoms with E-state index < -0.39 is 10.0 Å². The molecule has 6 nitrogen and oxygen atoms in total. The van der Waals surface area contributed by atoms with Gasteiger partial charge in [0, 0.05) is 31.7 Å². The first-order valence-electron chi connectivity index (χ1n) is 6.17. The smallest absolute Gasteiger partial charge is 0.262 e. The zero-order chi connectivity index (χ0) is 13.6. The number of nitrogens with zero attached hydrogens (tertiary/aromatic N) is 3. The van der Waals surface area contributed by atoms with Gasteiger partial charge in [-0.1, -0.05) is 6.42 Å². The number of imidazole rings is 1. The van der Waals surface area contributed by atoms with Gasteiger partial charge in [0.1, 0.15) is 0 Å². The Balaban J connectivity index is 2.13. The molecule has 0 aliphatic heterocycles. The number of fused-ring (bicyclic) bond motifs is 1. The number of hydrogen-bond acceptors (Lipinski definition) is 5. The zero-order valence-electron chi connectivity index (χ0n) is 10.8. The highest BCUT2D eigenvalue weighted by Gasteiger charge is 2.35. The van der Waals surface area contributed by atoms with Crippen LogP contribution < -0.4 is 5.32 Å². The molecule has 0 spiro atoms. The molecule has 0 radical (unpaired) electrons. The molecule has 1 N–H and O–H groups in total. The molecular weight excluding hydrogens is 284 g/mol. The Labute approximate surface area is 116 Å². The summed E-state index contributed by atoms with van der Waals surface area (Å²) in [5.74, 6) is 0.415. The van der Waals surface area contributed by atoms with Crippen LogP contribution in [0.25, 0.3) is 4.96 Å². The van der Waals surface area contributed by atoms with Crippen LogP contribution >= 0.6 is 11.3 Å². The van der Waals surface area contributed by atoms with E-state index in [1.807, 2.05) is 5.38 Å². The summed E-state index contributed by atoms with van der Waals surface area (Å²) in [4.78, 5) is 4.99. The van der Waals surface area contributed by atoms with Crippen molar-refractivity contribution in [2.75, 3.05) is 19.4 Å². The minimum absolute atomic E-state index is 0.124. The van der Waals surface area contributed by atoms with Gasteiger partial charge in [0.2, 0.25) is 0 Å². The molecule has 1 saturated carbocycles. The second-order valence-corrected chi connectivity index (χ2v) is 7.46. The number of sulfonamides is 1. The van der Waals surface area contributed by atoms with Crippen molar-refractivity contribution in [1.82, 2.24) is 13.7 Å². The van der Waals surface area contributed by atoms with Gasteiger partial charge in [0.05, 0.1) is 0 Å². The summed E-state index contributed by atoms with van der Waals surface area (Å²) in [6.45, 7) is 0. The van der Waals surface area contributed by atoms with Crippen LogP contribution in [0.4, 0.5) is 5.82 Å². The molecule has 1 fully saturated rings. The summed E-state index contributed by atoms with van der Waals surface area (Å²) in [6.07, 6.45) is 4.73. The lowest BCUT2D eigenvalue weighted by atomic mass is 9.94. The van der Waals surface area contributed by atoms with Gasteiger partial charge in [-0.2, -0.15) is 4.31 Å². The fourth-order valence-electron chi connectivity index (χ4n) is 2.26. The number of nitrogens with one attached hydrogen (secondary N) is 1. The number of aromatic nitrogens is 2. The third-order valence-electron chi connectivity index (χ3n) is 3.67. The van der Waals surface area contributed by atoms with Gasteiger partial charge in [0.15, 0.2) is 15.8 Å². The largest absolute Gasteiger partial charge is 0.371 e. The highest BCUT2D eigenvalue weighted by atomic mass is 32.2. The first-order chi connectivity index (χ1) is 9.05. The van der Waals surface area contributed by atoms with E-state index >= 15 is 0 Å². The molecule has 2 aromatic rings. The van der Waals surface area contributed by atoms with E-state index in [9.17, 15) is 8.42 Å². The fraction of sp³-hybridized carbons (Fsp3) is 0.545. The Hall–Kier alpha value is -1.12. The van der Waals surface area contributed by atoms with Gasteiger partial charge in [-0.05, 0) is 12.8 Å². The molecule has 0 aromatic carbocycles. The van der Waals surface area contributed by atoms with Crippen LogP contribution in [0.5, 0.6) is 0 Å². The highest BCUT2D eigenvalue weighted by Crippen LogP contribution is 2.32. The lowest BCUT2D eigenvalue weighted by Crippen LogP contribution is -2.41. The van der Waals surface area contributed by atoms with Crippen LogP contribution in [-0.2, 0) is 10.0 Å². The van der Waals surface area contributed by atoms with E-state index in [0.717, 1.165) is 19.3 Å². The number of thiazole rings is 1. The third kappa shape index (κ3) is 1.86. The zero-order valence-corrected chi connectivity index (χ0v) is 12.5. The predicted molar refractivity (Wildman–Crippen MR) is 75.2 cm³/mol. The van der Waals surface area contributed by atoms with E-state index in [2.05, 4.69) is 10.3 Å². The maximum atomic E-state index is 12.7. The van der Waals surface area contributed by atoms with Gasteiger partial charge >= 0.3 is 0 Å². The average molecular weight is 300 g/mol. The lowest BCUT2D eigenvalue weighted by Gasteiger charge is -2.33. The van der Waals surface area contributed by atoms with Crippen molar-refractivity contribution in [3.05, 3.63) is 11.6 Å². The molecule has 2 heterocycles. The van der Waals surface area contributed by atoms with Gasteiger partial charge in [0.25, 0.3) is 10.0 Å².